The lowest BCUT2D eigenvalue weighted by atomic mass is 9.58. The Morgan fingerprint density at radius 3 is 1.89 bits per heavy atom. The van der Waals surface area contributed by atoms with Gasteiger partial charge in [-0.25, -0.2) is 0 Å². The number of likely N-dealkylation sites (N-methyl/N-ethyl adjacent to an activating group) is 7. The molecule has 3 unspecified atom stereocenters. The molecule has 12 amide bonds. The van der Waals surface area contributed by atoms with Crippen molar-refractivity contribution >= 4 is 70.9 Å². The number of amides is 12. The average Bonchev–Trinajstić information content (AvgIpc) is 1.54. The first-order chi connectivity index (χ1) is 51.0. The van der Waals surface area contributed by atoms with Gasteiger partial charge in [-0.1, -0.05) is 66.0 Å². The number of hydrogen-bond donors (Lipinski definition) is 3. The Balaban J connectivity index is 1.33. The molecule has 2 saturated heterocycles. The minimum absolute atomic E-state index is 0.0201. The maximum Gasteiger partial charge on any atom is 0.394 e. The molecule has 1 spiro atoms. The topological polar surface area (TPSA) is 289 Å². The summed E-state index contributed by atoms with van der Waals surface area (Å²) < 4.78 is 96.6. The van der Waals surface area contributed by atoms with E-state index in [2.05, 4.69) is 16.0 Å². The van der Waals surface area contributed by atoms with Gasteiger partial charge in [0.25, 0.3) is 0 Å². The molecule has 3 heterocycles. The summed E-state index contributed by atoms with van der Waals surface area (Å²) in [5.74, 6) is -14.6. The van der Waals surface area contributed by atoms with Crippen molar-refractivity contribution in [3.63, 3.8) is 0 Å². The molecule has 7 rings (SSSR count). The molecular formula is C77H122F6N12O14. The van der Waals surface area contributed by atoms with Crippen LogP contribution in [0.4, 0.5) is 26.3 Å². The quantitative estimate of drug-likeness (QED) is 0.127. The van der Waals surface area contributed by atoms with Gasteiger partial charge in [0.05, 0.1) is 44.1 Å². The Morgan fingerprint density at radius 1 is 0.670 bits per heavy atom. The molecule has 3 N–H and O–H groups in total. The number of carbonyl (C=O) groups excluding carboxylic acids is 12. The number of hydrogen-bond acceptors (Lipinski definition) is 14. The number of halogens is 6. The number of carbonyl (C=O) groups is 12. The van der Waals surface area contributed by atoms with Gasteiger partial charge in [0.15, 0.2) is 0 Å². The summed E-state index contributed by atoms with van der Waals surface area (Å²) in [6.45, 7) is 10.8. The zero-order chi connectivity index (χ0) is 81.1. The molecule has 2 bridgehead atoms. The van der Waals surface area contributed by atoms with Gasteiger partial charge in [-0.2, -0.15) is 26.3 Å². The molecule has 6 fully saturated rings. The summed E-state index contributed by atoms with van der Waals surface area (Å²) in [5.41, 5.74) is -2.21. The van der Waals surface area contributed by atoms with Crippen molar-refractivity contribution in [2.24, 2.45) is 46.8 Å². The molecule has 7 aliphatic rings. The first-order valence-corrected chi connectivity index (χ1v) is 39.3. The summed E-state index contributed by atoms with van der Waals surface area (Å²) in [7, 11) is 10.8. The van der Waals surface area contributed by atoms with Crippen molar-refractivity contribution in [1.82, 2.24) is 60.0 Å². The van der Waals surface area contributed by atoms with E-state index in [0.29, 0.717) is 32.1 Å². The van der Waals surface area contributed by atoms with Crippen molar-refractivity contribution in [3.8, 4) is 0 Å². The van der Waals surface area contributed by atoms with E-state index >= 15 is 28.8 Å². The second-order valence-electron chi connectivity index (χ2n) is 33.2. The Morgan fingerprint density at radius 2 is 1.30 bits per heavy atom. The van der Waals surface area contributed by atoms with Crippen molar-refractivity contribution in [3.05, 3.63) is 12.2 Å². The van der Waals surface area contributed by atoms with Crippen LogP contribution in [0.2, 0.25) is 0 Å². The average molecular weight is 1550 g/mol. The summed E-state index contributed by atoms with van der Waals surface area (Å²) in [6.07, 6.45) is -5.21. The number of ether oxygens (including phenoxy) is 2. The van der Waals surface area contributed by atoms with Gasteiger partial charge < -0.3 is 69.5 Å². The van der Waals surface area contributed by atoms with Gasteiger partial charge in [-0.05, 0) is 158 Å². The van der Waals surface area contributed by atoms with E-state index in [0.717, 1.165) is 24.5 Å². The molecule has 616 valence electrons. The van der Waals surface area contributed by atoms with E-state index in [1.54, 1.807) is 39.8 Å². The SMILES string of the molecule is CCOC[C@H]1C(=O)N[C@@H]([C@@H](C)CC)C(=O)N(C)CC(=O)N(C)[C@H]2C/C=C\CCN(C2=O)[C@@H](CC2CCC(C(F)(F)F)CC2)C(=O)N(C)CC(=O)N[C@@H](CCC2CCC(C(F)(F)F)C(OC)C2)C(=O)N2C[C@@H](C)C[C@H]2C(=O)NC2(CC(C)(C)C2)C(=O)N(C)[C@@H](C2CCCC2)C(=O)N(C)[C@H](C(=O)N(C)CC)CC(=O)N1C. The second-order valence-corrected chi connectivity index (χ2v) is 33.2. The fraction of sp³-hybridized carbons (Fsp3) is 0.818. The van der Waals surface area contributed by atoms with Crippen LogP contribution in [0.25, 0.3) is 0 Å². The van der Waals surface area contributed by atoms with Gasteiger partial charge in [-0.3, -0.25) is 57.5 Å². The van der Waals surface area contributed by atoms with Crippen molar-refractivity contribution in [1.29, 1.82) is 0 Å². The maximum atomic E-state index is 15.8. The minimum Gasteiger partial charge on any atom is -0.381 e. The lowest BCUT2D eigenvalue weighted by Crippen LogP contribution is -2.71. The van der Waals surface area contributed by atoms with Crippen LogP contribution < -0.4 is 16.0 Å². The molecule has 0 aromatic rings. The standard InChI is InChI=1S/C77H122F6N12O14/c1-16-47(5)63-71(105)89(10)42-62(98)90(11)54-26-20-19-23-35-94(70(54)104)57(37-48-27-31-51(32-28-48)76(78,79)80)69(103)88(9)41-60(96)84-53(34-30-49-29-33-52(77(81,82)83)59(38-49)108-15)67(101)95-40-46(4)36-55(95)66(100)86-75(44-74(6,7)45-75)73(107)93(14)64(50-24-21-22-25-50)72(106)92(13)56(68(102)87(8)17-2)39-61(97)91(12)58(43-109-18-3)65(99)85-63/h19-20,46-59,63-64H,16-18,21-45H2,1-15H3,(H,84,96)(H,85,99)(H,86,100)/b20-19-/t46-,47-,48?,49?,51?,52?,53-,54-,55-,56-,57-,58-,59?,63-,64-/m0/s1. The van der Waals surface area contributed by atoms with E-state index in [-0.39, 0.29) is 135 Å². The zero-order valence-corrected chi connectivity index (χ0v) is 66.7. The number of fused-ring (bicyclic) bond motifs is 3. The first-order valence-electron chi connectivity index (χ1n) is 39.3. The Labute approximate surface area is 638 Å². The van der Waals surface area contributed by atoms with Crippen LogP contribution in [0, 0.1) is 46.8 Å². The van der Waals surface area contributed by atoms with E-state index in [1.165, 1.54) is 76.0 Å². The van der Waals surface area contributed by atoms with Gasteiger partial charge >= 0.3 is 12.4 Å². The molecular weight excluding hydrogens is 1430 g/mol. The number of nitrogens with zero attached hydrogens (tertiary/aromatic N) is 9. The van der Waals surface area contributed by atoms with Crippen molar-refractivity contribution < 1.29 is 93.4 Å². The maximum absolute atomic E-state index is 15.8. The molecule has 4 aliphatic carbocycles. The molecule has 4 saturated carbocycles. The van der Waals surface area contributed by atoms with Gasteiger partial charge in [0.1, 0.15) is 53.9 Å². The third kappa shape index (κ3) is 21.8. The van der Waals surface area contributed by atoms with Crippen LogP contribution in [0.15, 0.2) is 12.2 Å². The van der Waals surface area contributed by atoms with Gasteiger partial charge in [0, 0.05) is 82.7 Å². The smallest absolute Gasteiger partial charge is 0.381 e. The monoisotopic (exact) mass is 1550 g/mol. The third-order valence-corrected chi connectivity index (χ3v) is 24.6. The normalized spacial score (nSPS) is 31.6. The molecule has 26 nitrogen and oxygen atoms in total. The summed E-state index contributed by atoms with van der Waals surface area (Å²) in [4.78, 5) is 193. The van der Waals surface area contributed by atoms with Gasteiger partial charge in [0.2, 0.25) is 70.9 Å². The second kappa shape index (κ2) is 37.9. The molecule has 13 atom stereocenters. The highest BCUT2D eigenvalue weighted by Gasteiger charge is 2.59. The summed E-state index contributed by atoms with van der Waals surface area (Å²) in [6, 6.07) is -11.0. The van der Waals surface area contributed by atoms with Crippen LogP contribution in [0.5, 0.6) is 0 Å². The molecule has 109 heavy (non-hydrogen) atoms. The lowest BCUT2D eigenvalue weighted by molar-refractivity contribution is -0.215. The number of rotatable bonds is 14. The molecule has 3 aliphatic heterocycles. The van der Waals surface area contributed by atoms with Crippen molar-refractivity contribution in [2.75, 3.05) is 102 Å². The van der Waals surface area contributed by atoms with Crippen LogP contribution in [-0.2, 0) is 67.0 Å². The largest absolute Gasteiger partial charge is 0.394 e. The van der Waals surface area contributed by atoms with Crippen LogP contribution in [0.1, 0.15) is 183 Å². The molecule has 0 aromatic heterocycles. The molecule has 0 aromatic carbocycles. The summed E-state index contributed by atoms with van der Waals surface area (Å²) >= 11 is 0. The zero-order valence-electron chi connectivity index (χ0n) is 66.7. The molecule has 32 heteroatoms. The molecule has 0 radical (unpaired) electrons. The first kappa shape index (κ1) is 89.1. The van der Waals surface area contributed by atoms with Gasteiger partial charge in [-0.15, -0.1) is 0 Å². The Kier molecular flexibility index (Phi) is 31.0. The van der Waals surface area contributed by atoms with Crippen LogP contribution in [0.3, 0.4) is 0 Å². The van der Waals surface area contributed by atoms with E-state index < -0.39 is 204 Å². The minimum atomic E-state index is -4.56. The Bertz CT molecular complexity index is 3270. The Hall–Kier alpha value is -7.12. The highest BCUT2D eigenvalue weighted by molar-refractivity contribution is 6.01. The predicted molar refractivity (Wildman–Crippen MR) is 391 cm³/mol. The third-order valence-electron chi connectivity index (χ3n) is 24.6. The van der Waals surface area contributed by atoms with E-state index in [9.17, 15) is 55.1 Å². The van der Waals surface area contributed by atoms with E-state index in [1.807, 2.05) is 20.8 Å². The van der Waals surface area contributed by atoms with Crippen LogP contribution in [-0.4, -0.2) is 290 Å². The highest BCUT2D eigenvalue weighted by atomic mass is 19.4. The van der Waals surface area contributed by atoms with Crippen molar-refractivity contribution in [2.45, 2.75) is 256 Å². The highest BCUT2D eigenvalue weighted by Crippen LogP contribution is 2.50. The predicted octanol–water partition coefficient (Wildman–Crippen LogP) is 6.33. The fourth-order valence-corrected chi connectivity index (χ4v) is 17.9. The lowest BCUT2D eigenvalue weighted by Gasteiger charge is -2.54. The number of methoxy groups -OCH3 is 1. The number of alkyl halides is 6. The summed E-state index contributed by atoms with van der Waals surface area (Å²) in [5, 5.41) is 8.68. The van der Waals surface area contributed by atoms with Crippen LogP contribution >= 0.6 is 0 Å². The number of nitrogens with one attached hydrogen (secondary N) is 3. The van der Waals surface area contributed by atoms with E-state index in [4.69, 9.17) is 9.47 Å². The fourth-order valence-electron chi connectivity index (χ4n) is 17.9.